The molecule has 3 rings (SSSR count). The van der Waals surface area contributed by atoms with Crippen molar-refractivity contribution in [3.05, 3.63) is 42.1 Å². The average molecular weight is 275 g/mol. The Morgan fingerprint density at radius 1 is 1.37 bits per heavy atom. The number of fused-ring (bicyclic) bond motifs is 1. The average Bonchev–Trinajstić information content (AvgIpc) is 2.43. The van der Waals surface area contributed by atoms with Gasteiger partial charge >= 0.3 is 0 Å². The minimum atomic E-state index is 0.344. The Balaban J connectivity index is 1.74. The minimum absolute atomic E-state index is 0.344. The van der Waals surface area contributed by atoms with Crippen molar-refractivity contribution < 1.29 is 0 Å². The number of aromatic nitrogens is 1. The van der Waals surface area contributed by atoms with E-state index in [-0.39, 0.29) is 0 Å². The molecule has 0 aliphatic carbocycles. The summed E-state index contributed by atoms with van der Waals surface area (Å²) in [5.74, 6) is 0.581. The summed E-state index contributed by atoms with van der Waals surface area (Å²) in [6, 6.07) is 10.7. The van der Waals surface area contributed by atoms with E-state index >= 15 is 0 Å². The van der Waals surface area contributed by atoms with E-state index < -0.39 is 0 Å². The van der Waals surface area contributed by atoms with Crippen molar-refractivity contribution in [3.8, 4) is 0 Å². The van der Waals surface area contributed by atoms with E-state index in [1.54, 1.807) is 0 Å². The fraction of sp³-hybridized carbons (Fsp3) is 0.438. The third-order valence-electron chi connectivity index (χ3n) is 3.96. The molecule has 0 bridgehead atoms. The second-order valence-corrected chi connectivity index (χ2v) is 6.11. The standard InChI is InChI=1S/C16H19ClN2/c1-12-10-19(8-6-15(12)17)11-13-4-5-16-14(9-13)3-2-7-18-16/h2-5,7,9,12,15H,6,8,10-11H2,1H3. The molecule has 1 fully saturated rings. The number of pyridine rings is 1. The van der Waals surface area contributed by atoms with E-state index in [1.165, 1.54) is 10.9 Å². The molecular weight excluding hydrogens is 256 g/mol. The predicted octanol–water partition coefficient (Wildman–Crippen LogP) is 3.68. The van der Waals surface area contributed by atoms with Crippen molar-refractivity contribution >= 4 is 22.5 Å². The van der Waals surface area contributed by atoms with Gasteiger partial charge in [-0.25, -0.2) is 0 Å². The fourth-order valence-corrected chi connectivity index (χ4v) is 3.01. The number of benzene rings is 1. The molecule has 0 N–H and O–H groups in total. The van der Waals surface area contributed by atoms with E-state index in [0.717, 1.165) is 31.6 Å². The molecule has 0 radical (unpaired) electrons. The maximum Gasteiger partial charge on any atom is 0.0702 e. The zero-order chi connectivity index (χ0) is 13.2. The highest BCUT2D eigenvalue weighted by molar-refractivity contribution is 6.20. The largest absolute Gasteiger partial charge is 0.299 e. The third kappa shape index (κ3) is 2.90. The Hall–Kier alpha value is -1.12. The first-order valence-corrected chi connectivity index (χ1v) is 7.36. The third-order valence-corrected chi connectivity index (χ3v) is 4.61. The molecule has 1 aliphatic heterocycles. The summed E-state index contributed by atoms with van der Waals surface area (Å²) in [6.07, 6.45) is 2.94. The first-order valence-electron chi connectivity index (χ1n) is 6.92. The number of hydrogen-bond acceptors (Lipinski definition) is 2. The molecule has 19 heavy (non-hydrogen) atoms. The lowest BCUT2D eigenvalue weighted by Gasteiger charge is -2.34. The van der Waals surface area contributed by atoms with Crippen molar-refractivity contribution in [2.45, 2.75) is 25.3 Å². The van der Waals surface area contributed by atoms with Crippen LogP contribution in [0.15, 0.2) is 36.5 Å². The molecule has 1 aromatic heterocycles. The Kier molecular flexibility index (Phi) is 3.72. The molecule has 0 spiro atoms. The number of piperidine rings is 1. The summed E-state index contributed by atoms with van der Waals surface area (Å²) in [6.45, 7) is 5.45. The van der Waals surface area contributed by atoms with Crippen LogP contribution in [0, 0.1) is 5.92 Å². The van der Waals surface area contributed by atoms with Crippen LogP contribution < -0.4 is 0 Å². The van der Waals surface area contributed by atoms with E-state index in [9.17, 15) is 0 Å². The summed E-state index contributed by atoms with van der Waals surface area (Å²) in [4.78, 5) is 6.86. The van der Waals surface area contributed by atoms with Crippen molar-refractivity contribution in [2.75, 3.05) is 13.1 Å². The van der Waals surface area contributed by atoms with Crippen LogP contribution in [-0.2, 0) is 6.54 Å². The lowest BCUT2D eigenvalue weighted by molar-refractivity contribution is 0.180. The summed E-state index contributed by atoms with van der Waals surface area (Å²) >= 11 is 6.28. The molecular formula is C16H19ClN2. The Morgan fingerprint density at radius 3 is 3.11 bits per heavy atom. The van der Waals surface area contributed by atoms with E-state index in [4.69, 9.17) is 11.6 Å². The van der Waals surface area contributed by atoms with E-state index in [1.807, 2.05) is 12.3 Å². The topological polar surface area (TPSA) is 16.1 Å². The second-order valence-electron chi connectivity index (χ2n) is 5.55. The summed E-state index contributed by atoms with van der Waals surface area (Å²) in [7, 11) is 0. The highest BCUT2D eigenvalue weighted by atomic mass is 35.5. The number of rotatable bonds is 2. The van der Waals surface area contributed by atoms with Crippen LogP contribution in [0.5, 0.6) is 0 Å². The fourth-order valence-electron chi connectivity index (χ4n) is 2.83. The Bertz CT molecular complexity index is 569. The van der Waals surface area contributed by atoms with Gasteiger partial charge in [-0.1, -0.05) is 19.1 Å². The maximum atomic E-state index is 6.28. The number of nitrogens with zero attached hydrogens (tertiary/aromatic N) is 2. The highest BCUT2D eigenvalue weighted by Gasteiger charge is 2.24. The molecule has 2 atom stereocenters. The zero-order valence-electron chi connectivity index (χ0n) is 11.2. The number of hydrogen-bond donors (Lipinski definition) is 0. The van der Waals surface area contributed by atoms with Gasteiger partial charge < -0.3 is 0 Å². The number of halogens is 1. The van der Waals surface area contributed by atoms with Crippen molar-refractivity contribution in [2.24, 2.45) is 5.92 Å². The molecule has 0 saturated carbocycles. The molecule has 1 aliphatic rings. The zero-order valence-corrected chi connectivity index (χ0v) is 12.0. The van der Waals surface area contributed by atoms with E-state index in [0.29, 0.717) is 11.3 Å². The highest BCUT2D eigenvalue weighted by Crippen LogP contribution is 2.23. The quantitative estimate of drug-likeness (QED) is 0.777. The molecule has 1 saturated heterocycles. The summed E-state index contributed by atoms with van der Waals surface area (Å²) in [5.41, 5.74) is 2.43. The molecule has 2 aromatic rings. The van der Waals surface area contributed by atoms with Crippen LogP contribution in [0.4, 0.5) is 0 Å². The van der Waals surface area contributed by atoms with Gasteiger partial charge in [0.25, 0.3) is 0 Å². The predicted molar refractivity (Wildman–Crippen MR) is 80.4 cm³/mol. The summed E-state index contributed by atoms with van der Waals surface area (Å²) < 4.78 is 0. The lowest BCUT2D eigenvalue weighted by atomic mass is 9.99. The van der Waals surface area contributed by atoms with Crippen molar-refractivity contribution in [1.29, 1.82) is 0 Å². The second kappa shape index (κ2) is 5.48. The maximum absolute atomic E-state index is 6.28. The molecule has 0 amide bonds. The van der Waals surface area contributed by atoms with Gasteiger partial charge in [0.05, 0.1) is 5.52 Å². The lowest BCUT2D eigenvalue weighted by Crippen LogP contribution is -2.39. The van der Waals surface area contributed by atoms with Crippen LogP contribution in [0.2, 0.25) is 0 Å². The molecule has 3 heteroatoms. The van der Waals surface area contributed by atoms with Gasteiger partial charge in [0, 0.05) is 30.0 Å². The van der Waals surface area contributed by atoms with Gasteiger partial charge in [0.1, 0.15) is 0 Å². The molecule has 1 aromatic carbocycles. The molecule has 2 nitrogen and oxygen atoms in total. The molecule has 100 valence electrons. The SMILES string of the molecule is CC1CN(Cc2ccc3ncccc3c2)CCC1Cl. The van der Waals surface area contributed by atoms with Gasteiger partial charge in [0.15, 0.2) is 0 Å². The monoisotopic (exact) mass is 274 g/mol. The first kappa shape index (κ1) is 12.9. The smallest absolute Gasteiger partial charge is 0.0702 e. The van der Waals surface area contributed by atoms with Crippen LogP contribution in [-0.4, -0.2) is 28.4 Å². The Morgan fingerprint density at radius 2 is 2.26 bits per heavy atom. The van der Waals surface area contributed by atoms with Crippen molar-refractivity contribution in [1.82, 2.24) is 9.88 Å². The molecule has 2 unspecified atom stereocenters. The van der Waals surface area contributed by atoms with Crippen LogP contribution in [0.1, 0.15) is 18.9 Å². The minimum Gasteiger partial charge on any atom is -0.299 e. The normalized spacial score (nSPS) is 24.7. The van der Waals surface area contributed by atoms with Gasteiger partial charge in [-0.05, 0) is 42.6 Å². The van der Waals surface area contributed by atoms with Gasteiger partial charge in [-0.15, -0.1) is 11.6 Å². The summed E-state index contributed by atoms with van der Waals surface area (Å²) in [5, 5.41) is 1.57. The molecule has 2 heterocycles. The first-order chi connectivity index (χ1) is 9.22. The van der Waals surface area contributed by atoms with E-state index in [2.05, 4.69) is 41.1 Å². The number of likely N-dealkylation sites (tertiary alicyclic amines) is 1. The Labute approximate surface area is 119 Å². The van der Waals surface area contributed by atoms with Crippen LogP contribution in [0.25, 0.3) is 10.9 Å². The van der Waals surface area contributed by atoms with Crippen LogP contribution >= 0.6 is 11.6 Å². The van der Waals surface area contributed by atoms with Gasteiger partial charge in [0.2, 0.25) is 0 Å². The van der Waals surface area contributed by atoms with Gasteiger partial charge in [-0.3, -0.25) is 9.88 Å². The van der Waals surface area contributed by atoms with Gasteiger partial charge in [-0.2, -0.15) is 0 Å². The number of alkyl halides is 1. The van der Waals surface area contributed by atoms with Crippen molar-refractivity contribution in [3.63, 3.8) is 0 Å². The van der Waals surface area contributed by atoms with Crippen LogP contribution in [0.3, 0.4) is 0 Å².